The Labute approximate surface area is 145 Å². The second-order valence-electron chi connectivity index (χ2n) is 6.96. The van der Waals surface area contributed by atoms with Crippen LogP contribution < -0.4 is 0 Å². The molecule has 1 aliphatic carbocycles. The van der Waals surface area contributed by atoms with Gasteiger partial charge in [-0.3, -0.25) is 9.59 Å². The molecule has 1 saturated carbocycles. The van der Waals surface area contributed by atoms with Crippen molar-refractivity contribution in [3.05, 3.63) is 46.7 Å². The first-order chi connectivity index (χ1) is 11.3. The Balaban J connectivity index is 2.26. The van der Waals surface area contributed by atoms with E-state index >= 15 is 0 Å². The maximum Gasteiger partial charge on any atom is 0.151 e. The minimum atomic E-state index is -0.583. The van der Waals surface area contributed by atoms with Crippen LogP contribution in [0, 0.1) is 26.7 Å². The average Bonchev–Trinajstić information content (AvgIpc) is 2.75. The van der Waals surface area contributed by atoms with Gasteiger partial charge in [0.1, 0.15) is 11.7 Å². The smallest absolute Gasteiger partial charge is 0.151 e. The fourth-order valence-corrected chi connectivity index (χ4v) is 4.06. The molecule has 1 aromatic carbocycles. The number of ketones is 2. The van der Waals surface area contributed by atoms with Gasteiger partial charge in [-0.1, -0.05) is 24.3 Å². The molecule has 1 aliphatic rings. The highest BCUT2D eigenvalue weighted by atomic mass is 16.2. The van der Waals surface area contributed by atoms with Crippen LogP contribution in [0.15, 0.2) is 24.4 Å². The Hall–Kier alpha value is -1.90. The van der Waals surface area contributed by atoms with Gasteiger partial charge in [-0.25, -0.2) is 0 Å². The number of hydrogen-bond donors (Lipinski definition) is 0. The van der Waals surface area contributed by atoms with E-state index in [4.69, 9.17) is 0 Å². The third kappa shape index (κ3) is 3.45. The molecular weight excluding hydrogens is 298 g/mol. The second-order valence-corrected chi connectivity index (χ2v) is 6.96. The van der Waals surface area contributed by atoms with Gasteiger partial charge >= 0.3 is 0 Å². The summed E-state index contributed by atoms with van der Waals surface area (Å²) in [6.07, 6.45) is 0.934. The Morgan fingerprint density at radius 3 is 2.17 bits per heavy atom. The molecule has 0 aliphatic heterocycles. The summed E-state index contributed by atoms with van der Waals surface area (Å²) in [5.41, 5.74) is 5.14. The molecule has 0 N–H and O–H groups in total. The first-order valence-electron chi connectivity index (χ1n) is 8.87. The van der Waals surface area contributed by atoms with Crippen molar-refractivity contribution >= 4 is 11.6 Å². The van der Waals surface area contributed by atoms with Crippen molar-refractivity contribution in [2.24, 2.45) is 5.92 Å². The number of aryl methyl sites for hydroxylation is 3. The minimum Gasteiger partial charge on any atom is -0.376 e. The van der Waals surface area contributed by atoms with Crippen LogP contribution in [-0.4, -0.2) is 29.6 Å². The molecule has 0 bridgehead atoms. The molecule has 0 amide bonds. The SMILES string of the molecule is C=C(CC1CC(=O)C(c2c(C)cc(C)cc2C)C1=O)N(CC)CC. The summed E-state index contributed by atoms with van der Waals surface area (Å²) in [5, 5.41) is 0. The molecule has 0 spiro atoms. The highest BCUT2D eigenvalue weighted by molar-refractivity contribution is 6.15. The first-order valence-corrected chi connectivity index (χ1v) is 8.87. The van der Waals surface area contributed by atoms with Crippen molar-refractivity contribution in [2.45, 2.75) is 53.4 Å². The van der Waals surface area contributed by atoms with Crippen LogP contribution in [-0.2, 0) is 9.59 Å². The summed E-state index contributed by atoms with van der Waals surface area (Å²) in [6, 6.07) is 4.12. The number of benzene rings is 1. The van der Waals surface area contributed by atoms with Crippen molar-refractivity contribution in [2.75, 3.05) is 13.1 Å². The van der Waals surface area contributed by atoms with E-state index in [1.165, 1.54) is 0 Å². The highest BCUT2D eigenvalue weighted by Gasteiger charge is 2.43. The van der Waals surface area contributed by atoms with E-state index < -0.39 is 5.92 Å². The fourth-order valence-electron chi connectivity index (χ4n) is 4.06. The monoisotopic (exact) mass is 327 g/mol. The zero-order chi connectivity index (χ0) is 18.0. The lowest BCUT2D eigenvalue weighted by Crippen LogP contribution is -2.25. The standard InChI is InChI=1S/C21H29NO2/c1-7-22(8-2)16(6)11-17-12-18(23)20(21(17)24)19-14(4)9-13(3)10-15(19)5/h9-10,17,20H,6-8,11-12H2,1-5H3. The Kier molecular flexibility index (Phi) is 5.63. The van der Waals surface area contributed by atoms with Crippen molar-refractivity contribution < 1.29 is 9.59 Å². The highest BCUT2D eigenvalue weighted by Crippen LogP contribution is 2.38. The summed E-state index contributed by atoms with van der Waals surface area (Å²) >= 11 is 0. The number of allylic oxidation sites excluding steroid dienone is 1. The third-order valence-corrected chi connectivity index (χ3v) is 5.18. The van der Waals surface area contributed by atoms with Crippen LogP contribution >= 0.6 is 0 Å². The molecule has 1 fully saturated rings. The number of carbonyl (C=O) groups is 2. The molecule has 2 rings (SSSR count). The molecule has 0 aromatic heterocycles. The quantitative estimate of drug-likeness (QED) is 0.738. The van der Waals surface area contributed by atoms with E-state index in [2.05, 4.69) is 37.5 Å². The van der Waals surface area contributed by atoms with Crippen LogP contribution in [0.25, 0.3) is 0 Å². The van der Waals surface area contributed by atoms with E-state index in [0.29, 0.717) is 12.8 Å². The molecule has 24 heavy (non-hydrogen) atoms. The maximum absolute atomic E-state index is 13.0. The van der Waals surface area contributed by atoms with Gasteiger partial charge < -0.3 is 4.90 Å². The maximum atomic E-state index is 13.0. The van der Waals surface area contributed by atoms with Crippen molar-refractivity contribution in [3.63, 3.8) is 0 Å². The van der Waals surface area contributed by atoms with E-state index in [9.17, 15) is 9.59 Å². The van der Waals surface area contributed by atoms with Gasteiger partial charge in [0, 0.05) is 31.1 Å². The van der Waals surface area contributed by atoms with Gasteiger partial charge in [0.05, 0.1) is 0 Å². The van der Waals surface area contributed by atoms with Crippen molar-refractivity contribution in [3.8, 4) is 0 Å². The number of carbonyl (C=O) groups excluding carboxylic acids is 2. The van der Waals surface area contributed by atoms with Crippen LogP contribution in [0.2, 0.25) is 0 Å². The molecule has 3 nitrogen and oxygen atoms in total. The summed E-state index contributed by atoms with van der Waals surface area (Å²) in [4.78, 5) is 27.7. The topological polar surface area (TPSA) is 37.4 Å². The summed E-state index contributed by atoms with van der Waals surface area (Å²) in [6.45, 7) is 16.1. The molecule has 130 valence electrons. The number of Topliss-reactive ketones (excluding diaryl/α,β-unsaturated/α-hetero) is 2. The predicted molar refractivity (Wildman–Crippen MR) is 98.2 cm³/mol. The normalized spacial score (nSPS) is 20.5. The fraction of sp³-hybridized carbons (Fsp3) is 0.524. The predicted octanol–water partition coefficient (Wildman–Crippen LogP) is 4.10. The average molecular weight is 327 g/mol. The molecule has 3 heteroatoms. The minimum absolute atomic E-state index is 0.0624. The Bertz CT molecular complexity index is 647. The number of rotatable bonds is 6. The van der Waals surface area contributed by atoms with Crippen LogP contribution in [0.4, 0.5) is 0 Å². The van der Waals surface area contributed by atoms with Gasteiger partial charge in [-0.15, -0.1) is 0 Å². The summed E-state index contributed by atoms with van der Waals surface area (Å²) < 4.78 is 0. The molecule has 0 radical (unpaired) electrons. The zero-order valence-electron chi connectivity index (χ0n) is 15.6. The molecule has 0 heterocycles. The van der Waals surface area contributed by atoms with Gasteiger partial charge in [-0.2, -0.15) is 0 Å². The third-order valence-electron chi connectivity index (χ3n) is 5.18. The Morgan fingerprint density at radius 1 is 1.12 bits per heavy atom. The molecule has 2 atom stereocenters. The van der Waals surface area contributed by atoms with E-state index in [-0.39, 0.29) is 17.5 Å². The molecule has 2 unspecified atom stereocenters. The van der Waals surface area contributed by atoms with Gasteiger partial charge in [-0.05, 0) is 57.7 Å². The van der Waals surface area contributed by atoms with Crippen LogP contribution in [0.3, 0.4) is 0 Å². The number of nitrogens with zero attached hydrogens (tertiary/aromatic N) is 1. The summed E-state index contributed by atoms with van der Waals surface area (Å²) in [5.74, 6) is -0.674. The largest absolute Gasteiger partial charge is 0.376 e. The van der Waals surface area contributed by atoms with E-state index in [1.54, 1.807) is 0 Å². The molecule has 1 aromatic rings. The van der Waals surface area contributed by atoms with Crippen molar-refractivity contribution in [1.29, 1.82) is 0 Å². The van der Waals surface area contributed by atoms with Crippen LogP contribution in [0.1, 0.15) is 54.9 Å². The van der Waals surface area contributed by atoms with Crippen molar-refractivity contribution in [1.82, 2.24) is 4.90 Å². The molecular formula is C21H29NO2. The van der Waals surface area contributed by atoms with E-state index in [0.717, 1.165) is 41.0 Å². The summed E-state index contributed by atoms with van der Waals surface area (Å²) in [7, 11) is 0. The molecule has 0 saturated heterocycles. The first kappa shape index (κ1) is 18.4. The Morgan fingerprint density at radius 2 is 1.67 bits per heavy atom. The lowest BCUT2D eigenvalue weighted by molar-refractivity contribution is -0.124. The lowest BCUT2D eigenvalue weighted by Gasteiger charge is -2.25. The lowest BCUT2D eigenvalue weighted by atomic mass is 9.86. The zero-order valence-corrected chi connectivity index (χ0v) is 15.6. The second kappa shape index (κ2) is 7.33. The van der Waals surface area contributed by atoms with Gasteiger partial charge in [0.25, 0.3) is 0 Å². The van der Waals surface area contributed by atoms with E-state index in [1.807, 2.05) is 20.8 Å². The van der Waals surface area contributed by atoms with Gasteiger partial charge in [0.15, 0.2) is 5.78 Å². The van der Waals surface area contributed by atoms with Crippen LogP contribution in [0.5, 0.6) is 0 Å². The van der Waals surface area contributed by atoms with Gasteiger partial charge in [0.2, 0.25) is 0 Å². The number of hydrogen-bond acceptors (Lipinski definition) is 3.